The van der Waals surface area contributed by atoms with Gasteiger partial charge in [0.15, 0.2) is 0 Å². The monoisotopic (exact) mass is 369 g/mol. The number of rotatable bonds is 7. The molecule has 0 atom stereocenters. The molecule has 4 heteroatoms. The van der Waals surface area contributed by atoms with Gasteiger partial charge in [-0.05, 0) is 53.8 Å². The van der Waals surface area contributed by atoms with Crippen molar-refractivity contribution in [2.75, 3.05) is 0 Å². The lowest BCUT2D eigenvalue weighted by Crippen LogP contribution is -1.86. The van der Waals surface area contributed by atoms with E-state index in [0.717, 1.165) is 17.5 Å². The molecule has 0 bridgehead atoms. The highest BCUT2D eigenvalue weighted by atomic mass is 16.5. The van der Waals surface area contributed by atoms with Crippen LogP contribution in [0.3, 0.4) is 0 Å². The predicted molar refractivity (Wildman–Crippen MR) is 112 cm³/mol. The molecule has 0 radical (unpaired) electrons. The van der Waals surface area contributed by atoms with Crippen molar-refractivity contribution in [1.29, 1.82) is 0 Å². The Morgan fingerprint density at radius 1 is 0.786 bits per heavy atom. The zero-order valence-corrected chi connectivity index (χ0v) is 16.0. The molecule has 0 fully saturated rings. The second kappa shape index (κ2) is 8.61. The first-order valence-electron chi connectivity index (χ1n) is 9.77. The summed E-state index contributed by atoms with van der Waals surface area (Å²) in [6.45, 7) is 2.24. The molecule has 2 aromatic carbocycles. The molecule has 0 aliphatic rings. The number of aromatic nitrogens is 3. The van der Waals surface area contributed by atoms with E-state index in [1.165, 1.54) is 36.0 Å². The summed E-state index contributed by atoms with van der Waals surface area (Å²) < 4.78 is 5.42. The summed E-state index contributed by atoms with van der Waals surface area (Å²) in [5.41, 5.74) is 5.54. The van der Waals surface area contributed by atoms with Gasteiger partial charge in [-0.15, -0.1) is 0 Å². The third kappa shape index (κ3) is 4.17. The van der Waals surface area contributed by atoms with Gasteiger partial charge in [-0.3, -0.25) is 4.98 Å². The quantitative estimate of drug-likeness (QED) is 0.364. The molecule has 4 aromatic rings. The minimum Gasteiger partial charge on any atom is -0.334 e. The number of hydrogen-bond donors (Lipinski definition) is 0. The van der Waals surface area contributed by atoms with Crippen molar-refractivity contribution >= 4 is 0 Å². The Balaban J connectivity index is 1.48. The Labute approximate surface area is 165 Å². The zero-order valence-electron chi connectivity index (χ0n) is 16.0. The smallest absolute Gasteiger partial charge is 0.258 e. The third-order valence-electron chi connectivity index (χ3n) is 4.83. The molecule has 4 nitrogen and oxygen atoms in total. The van der Waals surface area contributed by atoms with Crippen molar-refractivity contribution in [1.82, 2.24) is 15.1 Å². The Bertz CT molecular complexity index is 1010. The van der Waals surface area contributed by atoms with Crippen molar-refractivity contribution in [3.05, 3.63) is 78.6 Å². The van der Waals surface area contributed by atoms with Crippen LogP contribution in [0, 0.1) is 0 Å². The number of pyridine rings is 1. The normalized spacial score (nSPS) is 10.9. The molecule has 140 valence electrons. The summed E-state index contributed by atoms with van der Waals surface area (Å²) in [6, 6.07) is 20.9. The molecular formula is C24H23N3O. The predicted octanol–water partition coefficient (Wildman–Crippen LogP) is 6.20. The van der Waals surface area contributed by atoms with Gasteiger partial charge in [-0.2, -0.15) is 4.98 Å². The minimum atomic E-state index is 0.511. The van der Waals surface area contributed by atoms with Gasteiger partial charge in [0.1, 0.15) is 0 Å². The zero-order chi connectivity index (χ0) is 19.2. The maximum Gasteiger partial charge on any atom is 0.258 e. The van der Waals surface area contributed by atoms with Crippen LogP contribution in [0.15, 0.2) is 77.6 Å². The molecule has 0 spiro atoms. The Morgan fingerprint density at radius 3 is 2.18 bits per heavy atom. The highest BCUT2D eigenvalue weighted by Gasteiger charge is 2.10. The van der Waals surface area contributed by atoms with Gasteiger partial charge < -0.3 is 4.52 Å². The van der Waals surface area contributed by atoms with Gasteiger partial charge in [0.2, 0.25) is 5.82 Å². The van der Waals surface area contributed by atoms with E-state index in [-0.39, 0.29) is 0 Å². The Hall–Kier alpha value is -3.27. The standard InChI is InChI=1S/C24H23N3O/c1-2-3-4-6-18-8-10-19(11-9-18)20-12-14-21(15-13-20)24-26-23(27-28-24)22-7-5-16-25-17-22/h5,7-17H,2-4,6H2,1H3. The van der Waals surface area contributed by atoms with E-state index in [2.05, 4.69) is 58.4 Å². The molecule has 28 heavy (non-hydrogen) atoms. The van der Waals surface area contributed by atoms with Gasteiger partial charge >= 0.3 is 0 Å². The lowest BCUT2D eigenvalue weighted by molar-refractivity contribution is 0.432. The number of benzene rings is 2. The molecule has 0 N–H and O–H groups in total. The summed E-state index contributed by atoms with van der Waals surface area (Å²) in [6.07, 6.45) is 8.42. The summed E-state index contributed by atoms with van der Waals surface area (Å²) in [4.78, 5) is 8.58. The number of aryl methyl sites for hydroxylation is 1. The van der Waals surface area contributed by atoms with Crippen LogP contribution in [0.5, 0.6) is 0 Å². The summed E-state index contributed by atoms with van der Waals surface area (Å²) in [5, 5.41) is 4.06. The van der Waals surface area contributed by atoms with Crippen LogP contribution in [0.25, 0.3) is 34.0 Å². The average Bonchev–Trinajstić information content (AvgIpc) is 3.26. The van der Waals surface area contributed by atoms with E-state index >= 15 is 0 Å². The van der Waals surface area contributed by atoms with E-state index < -0.39 is 0 Å². The maximum atomic E-state index is 5.42. The van der Waals surface area contributed by atoms with Crippen LogP contribution in [0.4, 0.5) is 0 Å². The van der Waals surface area contributed by atoms with Crippen LogP contribution in [0.1, 0.15) is 31.7 Å². The van der Waals surface area contributed by atoms with E-state index in [1.807, 2.05) is 24.3 Å². The second-order valence-corrected chi connectivity index (χ2v) is 6.90. The van der Waals surface area contributed by atoms with Gasteiger partial charge in [0, 0.05) is 23.5 Å². The fourth-order valence-electron chi connectivity index (χ4n) is 3.20. The first-order valence-corrected chi connectivity index (χ1v) is 9.77. The Morgan fingerprint density at radius 2 is 1.50 bits per heavy atom. The van der Waals surface area contributed by atoms with E-state index in [0.29, 0.717) is 11.7 Å². The fourth-order valence-corrected chi connectivity index (χ4v) is 3.20. The molecule has 0 saturated carbocycles. The van der Waals surface area contributed by atoms with Gasteiger partial charge in [0.25, 0.3) is 5.89 Å². The lowest BCUT2D eigenvalue weighted by Gasteiger charge is -2.05. The summed E-state index contributed by atoms with van der Waals surface area (Å²) >= 11 is 0. The largest absolute Gasteiger partial charge is 0.334 e. The molecular weight excluding hydrogens is 346 g/mol. The van der Waals surface area contributed by atoms with Crippen LogP contribution in [-0.2, 0) is 6.42 Å². The highest BCUT2D eigenvalue weighted by molar-refractivity contribution is 5.68. The molecule has 0 aliphatic carbocycles. The van der Waals surface area contributed by atoms with E-state index in [4.69, 9.17) is 4.52 Å². The SMILES string of the molecule is CCCCCc1ccc(-c2ccc(-c3nc(-c4cccnc4)no3)cc2)cc1. The van der Waals surface area contributed by atoms with Gasteiger partial charge in [0.05, 0.1) is 0 Å². The second-order valence-electron chi connectivity index (χ2n) is 6.90. The van der Waals surface area contributed by atoms with Crippen molar-refractivity contribution in [2.45, 2.75) is 32.6 Å². The van der Waals surface area contributed by atoms with Crippen molar-refractivity contribution in [3.8, 4) is 34.0 Å². The van der Waals surface area contributed by atoms with Crippen LogP contribution in [-0.4, -0.2) is 15.1 Å². The summed E-state index contributed by atoms with van der Waals surface area (Å²) in [5.74, 6) is 1.06. The van der Waals surface area contributed by atoms with Crippen LogP contribution < -0.4 is 0 Å². The number of nitrogens with zero attached hydrogens (tertiary/aromatic N) is 3. The lowest BCUT2D eigenvalue weighted by atomic mass is 10.0. The molecule has 0 unspecified atom stereocenters. The van der Waals surface area contributed by atoms with Crippen molar-refractivity contribution in [2.24, 2.45) is 0 Å². The molecule has 0 aliphatic heterocycles. The van der Waals surface area contributed by atoms with E-state index in [1.54, 1.807) is 12.4 Å². The van der Waals surface area contributed by atoms with Crippen molar-refractivity contribution < 1.29 is 4.52 Å². The third-order valence-corrected chi connectivity index (χ3v) is 4.83. The van der Waals surface area contributed by atoms with Gasteiger partial charge in [-0.25, -0.2) is 0 Å². The van der Waals surface area contributed by atoms with E-state index in [9.17, 15) is 0 Å². The topological polar surface area (TPSA) is 51.8 Å². The fraction of sp³-hybridized carbons (Fsp3) is 0.208. The summed E-state index contributed by atoms with van der Waals surface area (Å²) in [7, 11) is 0. The van der Waals surface area contributed by atoms with Gasteiger partial charge in [-0.1, -0.05) is 61.3 Å². The molecule has 0 amide bonds. The number of unbranched alkanes of at least 4 members (excludes halogenated alkanes) is 2. The first-order chi connectivity index (χ1) is 13.8. The van der Waals surface area contributed by atoms with Crippen LogP contribution in [0.2, 0.25) is 0 Å². The molecule has 0 saturated heterocycles. The maximum absolute atomic E-state index is 5.42. The molecule has 2 aromatic heterocycles. The number of hydrogen-bond acceptors (Lipinski definition) is 4. The average molecular weight is 369 g/mol. The van der Waals surface area contributed by atoms with Crippen LogP contribution >= 0.6 is 0 Å². The minimum absolute atomic E-state index is 0.511. The van der Waals surface area contributed by atoms with Crippen molar-refractivity contribution in [3.63, 3.8) is 0 Å². The molecule has 4 rings (SSSR count). The Kier molecular flexibility index (Phi) is 5.57. The molecule has 2 heterocycles. The first kappa shape index (κ1) is 18.1. The highest BCUT2D eigenvalue weighted by Crippen LogP contribution is 2.26.